The van der Waals surface area contributed by atoms with E-state index in [4.69, 9.17) is 4.98 Å². The Hall–Kier alpha value is -4.57. The van der Waals surface area contributed by atoms with Crippen LogP contribution in [0.15, 0.2) is 109 Å². The first-order valence-electron chi connectivity index (χ1n) is 12.1. The number of para-hydroxylation sites is 1. The lowest BCUT2D eigenvalue weighted by Crippen LogP contribution is -2.39. The Morgan fingerprint density at radius 2 is 1.44 bits per heavy atom. The second kappa shape index (κ2) is 8.90. The molecule has 0 saturated heterocycles. The van der Waals surface area contributed by atoms with Gasteiger partial charge in [0, 0.05) is 43.9 Å². The van der Waals surface area contributed by atoms with Crippen LogP contribution < -0.4 is 9.47 Å². The zero-order valence-electron chi connectivity index (χ0n) is 20.3. The van der Waals surface area contributed by atoms with E-state index in [0.29, 0.717) is 5.69 Å². The fraction of sp³-hybridized carbons (Fsp3) is 0.0938. The first-order valence-corrected chi connectivity index (χ1v) is 12.1. The van der Waals surface area contributed by atoms with Crippen LogP contribution >= 0.6 is 0 Å². The van der Waals surface area contributed by atoms with Gasteiger partial charge in [-0.2, -0.15) is 0 Å². The van der Waals surface area contributed by atoms with Gasteiger partial charge in [0.05, 0.1) is 11.6 Å². The lowest BCUT2D eigenvalue weighted by atomic mass is 9.87. The highest BCUT2D eigenvalue weighted by Crippen LogP contribution is 2.35. The van der Waals surface area contributed by atoms with E-state index in [9.17, 15) is 4.79 Å². The van der Waals surface area contributed by atoms with E-state index in [1.807, 2.05) is 78.9 Å². The molecule has 4 nitrogen and oxygen atoms in total. The third-order valence-corrected chi connectivity index (χ3v) is 6.75. The van der Waals surface area contributed by atoms with Crippen LogP contribution in [0.2, 0.25) is 0 Å². The van der Waals surface area contributed by atoms with Crippen LogP contribution in [-0.2, 0) is 0 Å². The minimum Gasteiger partial charge on any atom is -0.377 e. The van der Waals surface area contributed by atoms with E-state index in [0.717, 1.165) is 44.8 Å². The van der Waals surface area contributed by atoms with Crippen molar-refractivity contribution in [2.75, 3.05) is 19.0 Å². The summed E-state index contributed by atoms with van der Waals surface area (Å²) in [5, 5.41) is 0. The standard InChI is InChI=1S/C32H26N3O/c1-34(2)29-21-30-27(20-26(29)23-14-8-4-9-15-23)33-31-28(35(30)24-16-10-5-11-17-24)19-18-25(32(31)36)22-12-6-3-7-13-22/h3-21,25H,1-2H3/q+1. The largest absolute Gasteiger partial charge is 0.377 e. The highest BCUT2D eigenvalue weighted by molar-refractivity contribution is 6.06. The summed E-state index contributed by atoms with van der Waals surface area (Å²) in [6, 6.07) is 34.7. The van der Waals surface area contributed by atoms with Crippen LogP contribution in [-0.4, -0.2) is 24.9 Å². The Morgan fingerprint density at radius 1 is 0.806 bits per heavy atom. The van der Waals surface area contributed by atoms with Crippen molar-refractivity contribution >= 4 is 28.6 Å². The number of nitrogens with zero attached hydrogens (tertiary/aromatic N) is 3. The molecule has 0 bridgehead atoms. The van der Waals surface area contributed by atoms with Crippen LogP contribution in [0, 0.1) is 0 Å². The van der Waals surface area contributed by atoms with Gasteiger partial charge < -0.3 is 4.90 Å². The number of ketones is 1. The molecule has 1 unspecified atom stereocenters. The van der Waals surface area contributed by atoms with Crippen molar-refractivity contribution in [1.29, 1.82) is 0 Å². The molecule has 36 heavy (non-hydrogen) atoms. The van der Waals surface area contributed by atoms with Gasteiger partial charge in [-0.3, -0.25) is 4.79 Å². The van der Waals surface area contributed by atoms with Crippen molar-refractivity contribution < 1.29 is 9.36 Å². The molecule has 1 heterocycles. The summed E-state index contributed by atoms with van der Waals surface area (Å²) in [5.74, 6) is -0.328. The number of hydrogen-bond acceptors (Lipinski definition) is 3. The number of hydrogen-bond donors (Lipinski definition) is 0. The van der Waals surface area contributed by atoms with Gasteiger partial charge in [0.1, 0.15) is 5.52 Å². The smallest absolute Gasteiger partial charge is 0.241 e. The molecule has 6 rings (SSSR count). The van der Waals surface area contributed by atoms with E-state index in [2.05, 4.69) is 60.0 Å². The number of anilines is 1. The molecule has 1 atom stereocenters. The summed E-state index contributed by atoms with van der Waals surface area (Å²) in [6.45, 7) is 0. The zero-order valence-corrected chi connectivity index (χ0v) is 20.3. The Labute approximate surface area is 210 Å². The van der Waals surface area contributed by atoms with Crippen LogP contribution in [0.4, 0.5) is 5.69 Å². The summed E-state index contributed by atoms with van der Waals surface area (Å²) in [7, 11) is 4.11. The summed E-state index contributed by atoms with van der Waals surface area (Å²) in [4.78, 5) is 21.0. The number of carbonyl (C=O) groups is 1. The highest BCUT2D eigenvalue weighted by Gasteiger charge is 2.34. The molecule has 4 aromatic carbocycles. The van der Waals surface area contributed by atoms with E-state index >= 15 is 0 Å². The average Bonchev–Trinajstić information content (AvgIpc) is 2.93. The maximum absolute atomic E-state index is 13.8. The monoisotopic (exact) mass is 468 g/mol. The first kappa shape index (κ1) is 21.9. The molecular weight excluding hydrogens is 442 g/mol. The van der Waals surface area contributed by atoms with Gasteiger partial charge in [-0.05, 0) is 17.2 Å². The van der Waals surface area contributed by atoms with Crippen molar-refractivity contribution in [2.45, 2.75) is 5.92 Å². The molecule has 0 N–H and O–H groups in total. The van der Waals surface area contributed by atoms with Gasteiger partial charge in [-0.1, -0.05) is 84.9 Å². The molecule has 0 saturated carbocycles. The minimum atomic E-state index is -0.345. The Bertz CT molecular complexity index is 1610. The SMILES string of the molecule is CN(C)c1cc2c(cc1-c1ccccc1)nc1c([n+]2-c2ccccc2)C=CC(c2ccccc2)C1=O. The molecule has 0 aliphatic heterocycles. The normalized spacial score (nSPS) is 14.6. The Kier molecular flexibility index (Phi) is 5.42. The topological polar surface area (TPSA) is 37.1 Å². The molecule has 1 aliphatic rings. The van der Waals surface area contributed by atoms with Gasteiger partial charge in [0.15, 0.2) is 11.5 Å². The Morgan fingerprint density at radius 3 is 2.11 bits per heavy atom. The van der Waals surface area contributed by atoms with Crippen molar-refractivity contribution in [3.63, 3.8) is 0 Å². The van der Waals surface area contributed by atoms with E-state index in [1.165, 1.54) is 0 Å². The maximum Gasteiger partial charge on any atom is 0.241 e. The predicted molar refractivity (Wildman–Crippen MR) is 146 cm³/mol. The van der Waals surface area contributed by atoms with Crippen molar-refractivity contribution in [2.24, 2.45) is 0 Å². The van der Waals surface area contributed by atoms with E-state index < -0.39 is 0 Å². The van der Waals surface area contributed by atoms with Crippen molar-refractivity contribution in [3.05, 3.63) is 126 Å². The molecule has 4 heteroatoms. The molecule has 0 amide bonds. The van der Waals surface area contributed by atoms with E-state index in [-0.39, 0.29) is 11.7 Å². The van der Waals surface area contributed by atoms with Gasteiger partial charge in [-0.15, -0.1) is 4.57 Å². The number of Topliss-reactive ketones (excluding diaryl/α,β-unsaturated/α-hetero) is 1. The lowest BCUT2D eigenvalue weighted by Gasteiger charge is -2.20. The van der Waals surface area contributed by atoms with Crippen LogP contribution in [0.25, 0.3) is 33.9 Å². The minimum absolute atomic E-state index is 0.0169. The van der Waals surface area contributed by atoms with Gasteiger partial charge in [0.25, 0.3) is 0 Å². The summed E-state index contributed by atoms with van der Waals surface area (Å²) in [6.07, 6.45) is 4.05. The van der Waals surface area contributed by atoms with Gasteiger partial charge in [0.2, 0.25) is 16.9 Å². The van der Waals surface area contributed by atoms with Crippen LogP contribution in [0.1, 0.15) is 27.7 Å². The molecular formula is C32H26N3O+. The average molecular weight is 469 g/mol. The van der Waals surface area contributed by atoms with E-state index in [1.54, 1.807) is 0 Å². The summed E-state index contributed by atoms with van der Waals surface area (Å²) in [5.41, 5.74) is 8.31. The maximum atomic E-state index is 13.8. The van der Waals surface area contributed by atoms with Crippen LogP contribution in [0.3, 0.4) is 0 Å². The predicted octanol–water partition coefficient (Wildman–Crippen LogP) is 6.24. The fourth-order valence-electron chi connectivity index (χ4n) is 5.00. The first-order chi connectivity index (χ1) is 17.6. The number of benzene rings is 4. The molecule has 1 aliphatic carbocycles. The molecule has 174 valence electrons. The van der Waals surface area contributed by atoms with Crippen LogP contribution in [0.5, 0.6) is 0 Å². The number of aromatic nitrogens is 2. The molecule has 0 radical (unpaired) electrons. The molecule has 0 fully saturated rings. The number of rotatable bonds is 4. The quantitative estimate of drug-likeness (QED) is 0.293. The third kappa shape index (κ3) is 3.68. The molecule has 0 spiro atoms. The number of fused-ring (bicyclic) bond motifs is 2. The summed E-state index contributed by atoms with van der Waals surface area (Å²) < 4.78 is 2.16. The number of allylic oxidation sites excluding steroid dienone is 1. The summed E-state index contributed by atoms with van der Waals surface area (Å²) >= 11 is 0. The molecule has 1 aromatic heterocycles. The van der Waals surface area contributed by atoms with Gasteiger partial charge >= 0.3 is 0 Å². The highest BCUT2D eigenvalue weighted by atomic mass is 16.1. The number of carbonyl (C=O) groups excluding carboxylic acids is 1. The molecule has 5 aromatic rings. The van der Waals surface area contributed by atoms with Gasteiger partial charge in [-0.25, -0.2) is 4.98 Å². The van der Waals surface area contributed by atoms with Crippen molar-refractivity contribution in [1.82, 2.24) is 4.98 Å². The third-order valence-electron chi connectivity index (χ3n) is 6.75. The Balaban J connectivity index is 1.66. The van der Waals surface area contributed by atoms with Crippen molar-refractivity contribution in [3.8, 4) is 16.8 Å². The second-order valence-electron chi connectivity index (χ2n) is 9.25. The zero-order chi connectivity index (χ0) is 24.6. The second-order valence-corrected chi connectivity index (χ2v) is 9.25. The lowest BCUT2D eigenvalue weighted by molar-refractivity contribution is -0.570. The fourth-order valence-corrected chi connectivity index (χ4v) is 5.00.